The van der Waals surface area contributed by atoms with Crippen LogP contribution in [-0.2, 0) is 10.0 Å². The fourth-order valence-electron chi connectivity index (χ4n) is 2.67. The summed E-state index contributed by atoms with van der Waals surface area (Å²) in [6, 6.07) is 7.45. The minimum absolute atomic E-state index is 0.287. The third-order valence-electron chi connectivity index (χ3n) is 4.00. The predicted molar refractivity (Wildman–Crippen MR) is 95.7 cm³/mol. The van der Waals surface area contributed by atoms with Crippen LogP contribution < -0.4 is 10.0 Å². The van der Waals surface area contributed by atoms with Crippen LogP contribution in [0.4, 0.5) is 5.69 Å². The van der Waals surface area contributed by atoms with Gasteiger partial charge in [-0.15, -0.1) is 0 Å². The highest BCUT2D eigenvalue weighted by Gasteiger charge is 2.49. The molecule has 0 amide bonds. The Morgan fingerprint density at radius 3 is 2.48 bits per heavy atom. The van der Waals surface area contributed by atoms with E-state index in [1.165, 1.54) is 0 Å². The normalized spacial score (nSPS) is 17.2. The van der Waals surface area contributed by atoms with E-state index in [9.17, 15) is 13.7 Å². The average molecular weight is 400 g/mol. The summed E-state index contributed by atoms with van der Waals surface area (Å²) in [6.45, 7) is 5.81. The minimum Gasteiger partial charge on any atom is -0.381 e. The van der Waals surface area contributed by atoms with Crippen molar-refractivity contribution in [1.82, 2.24) is 4.72 Å². The molecule has 0 bridgehead atoms. The molecule has 1 aliphatic rings. The lowest BCUT2D eigenvalue weighted by Gasteiger charge is -2.43. The average Bonchev–Trinajstić information content (AvgIpc) is 2.35. The Morgan fingerprint density at radius 1 is 1.35 bits per heavy atom. The van der Waals surface area contributed by atoms with Gasteiger partial charge in [0.05, 0.1) is 11.3 Å². The molecule has 0 spiro atoms. The summed E-state index contributed by atoms with van der Waals surface area (Å²) in [6.07, 6.45) is 2.14. The van der Waals surface area contributed by atoms with Gasteiger partial charge >= 0.3 is 0 Å². The van der Waals surface area contributed by atoms with Crippen LogP contribution in [0, 0.1) is 11.3 Å². The molecule has 5 nitrogen and oxygen atoms in total. The van der Waals surface area contributed by atoms with Crippen molar-refractivity contribution < 1.29 is 8.42 Å². The molecule has 1 aromatic rings. The third kappa shape index (κ3) is 3.87. The number of nitrogens with zero attached hydrogens (tertiary/aromatic N) is 1. The predicted octanol–water partition coefficient (Wildman–Crippen LogP) is 3.37. The molecular formula is C16H22BrN3O2S. The third-order valence-corrected chi connectivity index (χ3v) is 7.23. The molecular weight excluding hydrogens is 378 g/mol. The summed E-state index contributed by atoms with van der Waals surface area (Å²) < 4.78 is 28.3. The SMILES string of the molecule is CC(C)(C)NS(=O)(=O)C1(CNc2c(Br)cccc2C#N)CCC1. The lowest BCUT2D eigenvalue weighted by molar-refractivity contribution is 0.339. The van der Waals surface area contributed by atoms with Crippen molar-refractivity contribution in [2.75, 3.05) is 11.9 Å². The first-order valence-electron chi connectivity index (χ1n) is 7.56. The Labute approximate surface area is 146 Å². The van der Waals surface area contributed by atoms with Gasteiger partial charge < -0.3 is 5.32 Å². The van der Waals surface area contributed by atoms with Crippen molar-refractivity contribution in [3.63, 3.8) is 0 Å². The van der Waals surface area contributed by atoms with Crippen molar-refractivity contribution in [3.05, 3.63) is 28.2 Å². The molecule has 1 fully saturated rings. The van der Waals surface area contributed by atoms with Gasteiger partial charge in [-0.05, 0) is 61.7 Å². The van der Waals surface area contributed by atoms with Crippen LogP contribution in [0.15, 0.2) is 22.7 Å². The van der Waals surface area contributed by atoms with E-state index in [0.29, 0.717) is 24.1 Å². The Morgan fingerprint density at radius 2 is 2.00 bits per heavy atom. The second-order valence-corrected chi connectivity index (χ2v) is 9.95. The summed E-state index contributed by atoms with van der Waals surface area (Å²) in [5.41, 5.74) is 0.634. The van der Waals surface area contributed by atoms with Gasteiger partial charge in [0.2, 0.25) is 10.0 Å². The Kier molecular flexibility index (Phi) is 5.09. The number of anilines is 1. The quantitative estimate of drug-likeness (QED) is 0.794. The highest BCUT2D eigenvalue weighted by atomic mass is 79.9. The van der Waals surface area contributed by atoms with Crippen LogP contribution in [0.1, 0.15) is 45.6 Å². The van der Waals surface area contributed by atoms with Crippen LogP contribution in [0.3, 0.4) is 0 Å². The van der Waals surface area contributed by atoms with Gasteiger partial charge in [-0.25, -0.2) is 13.1 Å². The molecule has 0 heterocycles. The maximum absolute atomic E-state index is 12.8. The van der Waals surface area contributed by atoms with E-state index in [0.717, 1.165) is 10.9 Å². The van der Waals surface area contributed by atoms with Crippen molar-refractivity contribution in [2.24, 2.45) is 0 Å². The molecule has 2 N–H and O–H groups in total. The fraction of sp³-hybridized carbons (Fsp3) is 0.562. The zero-order valence-corrected chi connectivity index (χ0v) is 16.0. The molecule has 126 valence electrons. The molecule has 0 aliphatic heterocycles. The van der Waals surface area contributed by atoms with E-state index in [1.54, 1.807) is 12.1 Å². The van der Waals surface area contributed by atoms with E-state index < -0.39 is 20.3 Å². The van der Waals surface area contributed by atoms with Crippen molar-refractivity contribution in [1.29, 1.82) is 5.26 Å². The van der Waals surface area contributed by atoms with E-state index in [2.05, 4.69) is 32.0 Å². The van der Waals surface area contributed by atoms with E-state index in [-0.39, 0.29) is 6.54 Å². The molecule has 1 aliphatic carbocycles. The molecule has 0 atom stereocenters. The molecule has 0 radical (unpaired) electrons. The number of sulfonamides is 1. The van der Waals surface area contributed by atoms with E-state index >= 15 is 0 Å². The highest BCUT2D eigenvalue weighted by molar-refractivity contribution is 9.10. The van der Waals surface area contributed by atoms with Crippen LogP contribution in [0.2, 0.25) is 0 Å². The zero-order chi connectivity index (χ0) is 17.3. The van der Waals surface area contributed by atoms with Gasteiger partial charge in [-0.1, -0.05) is 12.5 Å². The first kappa shape index (κ1) is 18.2. The van der Waals surface area contributed by atoms with Crippen LogP contribution in [-0.4, -0.2) is 25.2 Å². The number of hydrogen-bond donors (Lipinski definition) is 2. The molecule has 1 saturated carbocycles. The number of nitriles is 1. The van der Waals surface area contributed by atoms with Gasteiger partial charge in [-0.2, -0.15) is 5.26 Å². The lowest BCUT2D eigenvalue weighted by atomic mass is 9.84. The van der Waals surface area contributed by atoms with Crippen LogP contribution >= 0.6 is 15.9 Å². The largest absolute Gasteiger partial charge is 0.381 e. The monoisotopic (exact) mass is 399 g/mol. The summed E-state index contributed by atoms with van der Waals surface area (Å²) >= 11 is 3.42. The summed E-state index contributed by atoms with van der Waals surface area (Å²) in [5, 5.41) is 12.4. The van der Waals surface area contributed by atoms with E-state index in [4.69, 9.17) is 0 Å². The Hall–Kier alpha value is -1.10. The Balaban J connectivity index is 2.23. The van der Waals surface area contributed by atoms with Crippen molar-refractivity contribution in [3.8, 4) is 6.07 Å². The maximum atomic E-state index is 12.8. The van der Waals surface area contributed by atoms with Gasteiger partial charge in [0.1, 0.15) is 10.8 Å². The minimum atomic E-state index is -3.46. The second-order valence-electron chi connectivity index (χ2n) is 7.02. The van der Waals surface area contributed by atoms with E-state index in [1.807, 2.05) is 26.8 Å². The number of benzene rings is 1. The topological polar surface area (TPSA) is 82.0 Å². The molecule has 1 aromatic carbocycles. The number of halogens is 1. The molecule has 7 heteroatoms. The number of hydrogen-bond acceptors (Lipinski definition) is 4. The molecule has 2 rings (SSSR count). The summed E-state index contributed by atoms with van der Waals surface area (Å²) in [4.78, 5) is 0. The number of rotatable bonds is 5. The zero-order valence-electron chi connectivity index (χ0n) is 13.6. The van der Waals surface area contributed by atoms with Crippen LogP contribution in [0.5, 0.6) is 0 Å². The standard InChI is InChI=1S/C16H22BrN3O2S/c1-15(2,3)20-23(21,22)16(8-5-9-16)11-19-14-12(10-18)6-4-7-13(14)17/h4,6-7,19-20H,5,8-9,11H2,1-3H3. The van der Waals surface area contributed by atoms with Gasteiger partial charge in [0.15, 0.2) is 0 Å². The van der Waals surface area contributed by atoms with Gasteiger partial charge in [0.25, 0.3) is 0 Å². The maximum Gasteiger partial charge on any atom is 0.219 e. The Bertz CT molecular complexity index is 729. The first-order chi connectivity index (χ1) is 10.6. The molecule has 23 heavy (non-hydrogen) atoms. The van der Waals surface area contributed by atoms with Crippen molar-refractivity contribution >= 4 is 31.6 Å². The smallest absolute Gasteiger partial charge is 0.219 e. The first-order valence-corrected chi connectivity index (χ1v) is 9.84. The van der Waals surface area contributed by atoms with Gasteiger partial charge in [-0.3, -0.25) is 0 Å². The lowest BCUT2D eigenvalue weighted by Crippen LogP contribution is -2.58. The summed E-state index contributed by atoms with van der Waals surface area (Å²) in [5.74, 6) is 0. The summed E-state index contributed by atoms with van der Waals surface area (Å²) in [7, 11) is -3.46. The second kappa shape index (κ2) is 6.42. The van der Waals surface area contributed by atoms with Crippen molar-refractivity contribution in [2.45, 2.75) is 50.3 Å². The molecule has 0 saturated heterocycles. The van der Waals surface area contributed by atoms with Gasteiger partial charge in [0, 0.05) is 16.6 Å². The fourth-order valence-corrected chi connectivity index (χ4v) is 5.29. The molecule has 0 unspecified atom stereocenters. The molecule has 0 aromatic heterocycles. The number of nitrogens with one attached hydrogen (secondary N) is 2. The highest BCUT2D eigenvalue weighted by Crippen LogP contribution is 2.40. The number of para-hydroxylation sites is 1. The van der Waals surface area contributed by atoms with Crippen LogP contribution in [0.25, 0.3) is 0 Å².